The van der Waals surface area contributed by atoms with Gasteiger partial charge in [0.15, 0.2) is 0 Å². The van der Waals surface area contributed by atoms with E-state index in [-0.39, 0.29) is 0 Å². The van der Waals surface area contributed by atoms with E-state index in [0.717, 1.165) is 11.8 Å². The molecule has 2 rings (SSSR count). The highest BCUT2D eigenvalue weighted by Crippen LogP contribution is 2.39. The fourth-order valence-electron chi connectivity index (χ4n) is 2.99. The molecule has 2 heteroatoms. The van der Waals surface area contributed by atoms with Crippen LogP contribution in [0.1, 0.15) is 38.5 Å². The third kappa shape index (κ3) is 2.25. The molecule has 0 N–H and O–H groups in total. The van der Waals surface area contributed by atoms with E-state index in [0.29, 0.717) is 5.92 Å². The monoisotopic (exact) mass is 209 g/mol. The summed E-state index contributed by atoms with van der Waals surface area (Å²) in [5.41, 5.74) is 0. The summed E-state index contributed by atoms with van der Waals surface area (Å²) in [5, 5.41) is 9.28. The number of thioether (sulfide) groups is 1. The summed E-state index contributed by atoms with van der Waals surface area (Å²) >= 11 is 2.06. The molecule has 0 amide bonds. The van der Waals surface area contributed by atoms with E-state index in [1.807, 2.05) is 0 Å². The summed E-state index contributed by atoms with van der Waals surface area (Å²) in [5.74, 6) is 4.43. The molecule has 0 spiro atoms. The van der Waals surface area contributed by atoms with Crippen molar-refractivity contribution in [1.29, 1.82) is 5.26 Å². The summed E-state index contributed by atoms with van der Waals surface area (Å²) < 4.78 is 0. The number of nitriles is 1. The molecule has 1 heterocycles. The highest BCUT2D eigenvalue weighted by atomic mass is 32.2. The zero-order chi connectivity index (χ0) is 9.80. The Morgan fingerprint density at radius 3 is 2.14 bits per heavy atom. The van der Waals surface area contributed by atoms with Crippen molar-refractivity contribution in [1.82, 2.24) is 0 Å². The van der Waals surface area contributed by atoms with E-state index in [2.05, 4.69) is 17.8 Å². The molecule has 2 fully saturated rings. The van der Waals surface area contributed by atoms with E-state index in [1.54, 1.807) is 0 Å². The molecule has 0 bridgehead atoms. The molecule has 0 aromatic rings. The zero-order valence-electron chi connectivity index (χ0n) is 8.74. The minimum Gasteiger partial charge on any atom is -0.198 e. The first-order valence-electron chi connectivity index (χ1n) is 5.89. The first-order chi connectivity index (χ1) is 6.92. The second kappa shape index (κ2) is 5.07. The molecule has 1 atom stereocenters. The SMILES string of the molecule is N#CC(C1CCCC1)C1CCSCC1. The standard InChI is InChI=1S/C12H19NS/c13-9-12(10-3-1-2-4-10)11-5-7-14-8-6-11/h10-12H,1-8H2. The van der Waals surface area contributed by atoms with Crippen molar-refractivity contribution in [2.75, 3.05) is 11.5 Å². The van der Waals surface area contributed by atoms with Crippen molar-refractivity contribution in [2.45, 2.75) is 38.5 Å². The Morgan fingerprint density at radius 2 is 1.57 bits per heavy atom. The minimum atomic E-state index is 0.387. The van der Waals surface area contributed by atoms with Gasteiger partial charge in [-0.2, -0.15) is 17.0 Å². The molecule has 1 unspecified atom stereocenters. The predicted octanol–water partition coefficient (Wildman–Crippen LogP) is 3.46. The number of hydrogen-bond donors (Lipinski definition) is 0. The zero-order valence-corrected chi connectivity index (χ0v) is 9.56. The molecule has 0 aromatic carbocycles. The second-order valence-corrected chi connectivity index (χ2v) is 5.87. The van der Waals surface area contributed by atoms with Crippen molar-refractivity contribution in [3.8, 4) is 6.07 Å². The second-order valence-electron chi connectivity index (χ2n) is 4.65. The molecule has 78 valence electrons. The van der Waals surface area contributed by atoms with Gasteiger partial charge in [0.05, 0.1) is 12.0 Å². The van der Waals surface area contributed by atoms with Crippen LogP contribution in [0.25, 0.3) is 0 Å². The van der Waals surface area contributed by atoms with E-state index in [9.17, 15) is 5.26 Å². The van der Waals surface area contributed by atoms with Crippen molar-refractivity contribution >= 4 is 11.8 Å². The topological polar surface area (TPSA) is 23.8 Å². The van der Waals surface area contributed by atoms with Gasteiger partial charge in [-0.3, -0.25) is 0 Å². The van der Waals surface area contributed by atoms with Crippen LogP contribution in [0.2, 0.25) is 0 Å². The molecule has 1 aliphatic heterocycles. The molecule has 1 aliphatic carbocycles. The molecule has 1 saturated heterocycles. The molecule has 2 aliphatic rings. The highest BCUT2D eigenvalue weighted by molar-refractivity contribution is 7.99. The Labute approximate surface area is 91.3 Å². The molecular weight excluding hydrogens is 190 g/mol. The largest absolute Gasteiger partial charge is 0.198 e. The van der Waals surface area contributed by atoms with E-state index < -0.39 is 0 Å². The van der Waals surface area contributed by atoms with Crippen LogP contribution in [-0.4, -0.2) is 11.5 Å². The van der Waals surface area contributed by atoms with Gasteiger partial charge in [-0.25, -0.2) is 0 Å². The normalized spacial score (nSPS) is 27.4. The van der Waals surface area contributed by atoms with Gasteiger partial charge in [0.2, 0.25) is 0 Å². The molecule has 0 radical (unpaired) electrons. The molecule has 14 heavy (non-hydrogen) atoms. The summed E-state index contributed by atoms with van der Waals surface area (Å²) in [7, 11) is 0. The van der Waals surface area contributed by atoms with Crippen LogP contribution < -0.4 is 0 Å². The van der Waals surface area contributed by atoms with Gasteiger partial charge in [0.1, 0.15) is 0 Å². The fraction of sp³-hybridized carbons (Fsp3) is 0.917. The molecule has 1 saturated carbocycles. The maximum Gasteiger partial charge on any atom is 0.0661 e. The van der Waals surface area contributed by atoms with Crippen LogP contribution >= 0.6 is 11.8 Å². The first kappa shape index (κ1) is 10.4. The minimum absolute atomic E-state index is 0.387. The molecule has 0 aromatic heterocycles. The van der Waals surface area contributed by atoms with Crippen molar-refractivity contribution in [3.05, 3.63) is 0 Å². The maximum atomic E-state index is 9.28. The Morgan fingerprint density at radius 1 is 1.00 bits per heavy atom. The lowest BCUT2D eigenvalue weighted by Gasteiger charge is -2.29. The van der Waals surface area contributed by atoms with Crippen molar-refractivity contribution < 1.29 is 0 Å². The summed E-state index contributed by atoms with van der Waals surface area (Å²) in [6.45, 7) is 0. The highest BCUT2D eigenvalue weighted by Gasteiger charge is 2.32. The maximum absolute atomic E-state index is 9.28. The molecular formula is C12H19NS. The van der Waals surface area contributed by atoms with Crippen LogP contribution in [0.5, 0.6) is 0 Å². The van der Waals surface area contributed by atoms with Gasteiger partial charge < -0.3 is 0 Å². The van der Waals surface area contributed by atoms with Crippen LogP contribution in [0.4, 0.5) is 0 Å². The predicted molar refractivity (Wildman–Crippen MR) is 61.1 cm³/mol. The van der Waals surface area contributed by atoms with Crippen molar-refractivity contribution in [2.24, 2.45) is 17.8 Å². The van der Waals surface area contributed by atoms with Gasteiger partial charge in [-0.05, 0) is 49.0 Å². The fourth-order valence-corrected chi connectivity index (χ4v) is 4.13. The lowest BCUT2D eigenvalue weighted by atomic mass is 9.79. The Kier molecular flexibility index (Phi) is 3.75. The molecule has 1 nitrogen and oxygen atoms in total. The lowest BCUT2D eigenvalue weighted by molar-refractivity contribution is 0.275. The average molecular weight is 209 g/mol. The third-order valence-corrected chi connectivity index (χ3v) is 4.88. The van der Waals surface area contributed by atoms with E-state index in [4.69, 9.17) is 0 Å². The van der Waals surface area contributed by atoms with Crippen LogP contribution in [0.15, 0.2) is 0 Å². The summed E-state index contributed by atoms with van der Waals surface area (Å²) in [6, 6.07) is 2.60. The number of hydrogen-bond acceptors (Lipinski definition) is 2. The summed E-state index contributed by atoms with van der Waals surface area (Å²) in [6.07, 6.45) is 7.96. The third-order valence-electron chi connectivity index (χ3n) is 3.83. The average Bonchev–Trinajstić information content (AvgIpc) is 2.74. The van der Waals surface area contributed by atoms with E-state index >= 15 is 0 Å². The van der Waals surface area contributed by atoms with Gasteiger partial charge in [-0.1, -0.05) is 12.8 Å². The Balaban J connectivity index is 1.93. The Bertz CT molecular complexity index is 209. The van der Waals surface area contributed by atoms with Gasteiger partial charge >= 0.3 is 0 Å². The smallest absolute Gasteiger partial charge is 0.0661 e. The van der Waals surface area contributed by atoms with Gasteiger partial charge in [0, 0.05) is 0 Å². The Hall–Kier alpha value is -0.160. The number of nitrogens with zero attached hydrogens (tertiary/aromatic N) is 1. The van der Waals surface area contributed by atoms with Gasteiger partial charge in [0.25, 0.3) is 0 Å². The van der Waals surface area contributed by atoms with E-state index in [1.165, 1.54) is 50.0 Å². The summed E-state index contributed by atoms with van der Waals surface area (Å²) in [4.78, 5) is 0. The van der Waals surface area contributed by atoms with Crippen LogP contribution in [0, 0.1) is 29.1 Å². The number of rotatable bonds is 2. The van der Waals surface area contributed by atoms with Crippen molar-refractivity contribution in [3.63, 3.8) is 0 Å². The van der Waals surface area contributed by atoms with Gasteiger partial charge in [-0.15, -0.1) is 0 Å². The quantitative estimate of drug-likeness (QED) is 0.695. The first-order valence-corrected chi connectivity index (χ1v) is 7.04. The lowest BCUT2D eigenvalue weighted by Crippen LogP contribution is -2.24. The van der Waals surface area contributed by atoms with Crippen LogP contribution in [0.3, 0.4) is 0 Å². The van der Waals surface area contributed by atoms with Crippen LogP contribution in [-0.2, 0) is 0 Å².